The van der Waals surface area contributed by atoms with E-state index in [9.17, 15) is 13.6 Å². The highest BCUT2D eigenvalue weighted by molar-refractivity contribution is 5.87. The highest BCUT2D eigenvalue weighted by Crippen LogP contribution is 2.34. The zero-order valence-corrected chi connectivity index (χ0v) is 13.8. The van der Waals surface area contributed by atoms with Gasteiger partial charge in [-0.3, -0.25) is 14.7 Å². The van der Waals surface area contributed by atoms with Crippen molar-refractivity contribution in [2.75, 3.05) is 7.05 Å². The van der Waals surface area contributed by atoms with Gasteiger partial charge in [-0.15, -0.1) is 0 Å². The Morgan fingerprint density at radius 2 is 2.00 bits per heavy atom. The highest BCUT2D eigenvalue weighted by atomic mass is 19.3. The van der Waals surface area contributed by atoms with Gasteiger partial charge in [-0.25, -0.2) is 4.99 Å². The number of amides is 1. The minimum Gasteiger partial charge on any atom is -0.435 e. The van der Waals surface area contributed by atoms with Crippen molar-refractivity contribution in [2.24, 2.45) is 10.7 Å². The normalized spacial score (nSPS) is 14.0. The van der Waals surface area contributed by atoms with Crippen molar-refractivity contribution in [1.82, 2.24) is 9.88 Å². The zero-order chi connectivity index (χ0) is 18.4. The summed E-state index contributed by atoms with van der Waals surface area (Å²) in [5.74, 6) is 0.0449. The molecule has 25 heavy (non-hydrogen) atoms. The third-order valence-corrected chi connectivity index (χ3v) is 3.72. The fraction of sp³-hybridized carbons (Fsp3) is 0.235. The first kappa shape index (κ1) is 18.3. The number of guanidine groups is 1. The summed E-state index contributed by atoms with van der Waals surface area (Å²) >= 11 is 0. The summed E-state index contributed by atoms with van der Waals surface area (Å²) in [6, 6.07) is 9.63. The summed E-state index contributed by atoms with van der Waals surface area (Å²) in [6.07, 6.45) is 3.79. The molecule has 1 aromatic heterocycles. The van der Waals surface area contributed by atoms with E-state index in [1.165, 1.54) is 19.2 Å². The first-order valence-electron chi connectivity index (χ1n) is 7.36. The molecule has 1 amide bonds. The Labute approximate surface area is 143 Å². The first-order chi connectivity index (χ1) is 11.9. The minimum absolute atomic E-state index is 0.00857. The predicted molar refractivity (Wildman–Crippen MR) is 89.2 cm³/mol. The van der Waals surface area contributed by atoms with Crippen molar-refractivity contribution < 1.29 is 18.3 Å². The average Bonchev–Trinajstić information content (AvgIpc) is 2.61. The van der Waals surface area contributed by atoms with Gasteiger partial charge in [0.1, 0.15) is 11.3 Å². The summed E-state index contributed by atoms with van der Waals surface area (Å²) in [4.78, 5) is 20.6. The molecule has 6 nitrogen and oxygen atoms in total. The van der Waals surface area contributed by atoms with Crippen molar-refractivity contribution in [3.05, 3.63) is 59.9 Å². The van der Waals surface area contributed by atoms with E-state index >= 15 is 0 Å². The summed E-state index contributed by atoms with van der Waals surface area (Å²) in [6.45, 7) is -1.11. The molecule has 0 fully saturated rings. The molecule has 0 bridgehead atoms. The van der Waals surface area contributed by atoms with Crippen LogP contribution in [0.3, 0.4) is 0 Å². The molecule has 0 radical (unpaired) electrons. The van der Waals surface area contributed by atoms with E-state index in [0.717, 1.165) is 10.5 Å². The van der Waals surface area contributed by atoms with Crippen LogP contribution in [-0.2, 0) is 10.3 Å². The summed E-state index contributed by atoms with van der Waals surface area (Å²) in [7, 11) is 1.48. The van der Waals surface area contributed by atoms with Gasteiger partial charge in [0.15, 0.2) is 5.96 Å². The molecule has 1 aromatic carbocycles. The van der Waals surface area contributed by atoms with E-state index in [-0.39, 0.29) is 11.7 Å². The molecule has 0 saturated carbocycles. The molecule has 132 valence electrons. The van der Waals surface area contributed by atoms with Gasteiger partial charge in [0, 0.05) is 25.0 Å². The van der Waals surface area contributed by atoms with E-state index in [0.29, 0.717) is 12.0 Å². The molecular formula is C17H18F2N4O2. The van der Waals surface area contributed by atoms with Crippen LogP contribution in [0.4, 0.5) is 8.78 Å². The Balaban J connectivity index is 2.50. The van der Waals surface area contributed by atoms with Crippen LogP contribution in [0, 0.1) is 0 Å². The number of aliphatic imine (C=N–C) groups is 1. The molecule has 8 heteroatoms. The average molecular weight is 348 g/mol. The van der Waals surface area contributed by atoms with Crippen LogP contribution in [0.2, 0.25) is 0 Å². The number of halogens is 2. The van der Waals surface area contributed by atoms with Gasteiger partial charge in [0.05, 0.1) is 0 Å². The van der Waals surface area contributed by atoms with Crippen LogP contribution in [0.5, 0.6) is 5.75 Å². The van der Waals surface area contributed by atoms with E-state index in [4.69, 9.17) is 5.73 Å². The van der Waals surface area contributed by atoms with E-state index in [1.807, 2.05) is 6.07 Å². The van der Waals surface area contributed by atoms with E-state index in [1.54, 1.807) is 37.5 Å². The molecule has 2 aromatic rings. The van der Waals surface area contributed by atoms with Crippen LogP contribution >= 0.6 is 0 Å². The molecule has 1 heterocycles. The van der Waals surface area contributed by atoms with E-state index < -0.39 is 12.2 Å². The molecule has 2 N–H and O–H groups in total. The number of hydrogen-bond donors (Lipinski definition) is 1. The van der Waals surface area contributed by atoms with Gasteiger partial charge in [-0.05, 0) is 30.7 Å². The summed E-state index contributed by atoms with van der Waals surface area (Å²) in [5, 5.41) is 0. The predicted octanol–water partition coefficient (Wildman–Crippen LogP) is 2.35. The quantitative estimate of drug-likeness (QED) is 0.494. The second-order valence-corrected chi connectivity index (χ2v) is 5.40. The van der Waals surface area contributed by atoms with Crippen molar-refractivity contribution in [3.8, 4) is 5.75 Å². The Hall–Kier alpha value is -3.03. The number of nitrogens with two attached hydrogens (primary N) is 1. The van der Waals surface area contributed by atoms with Gasteiger partial charge < -0.3 is 10.5 Å². The number of carbonyl (C=O) groups is 1. The highest BCUT2D eigenvalue weighted by Gasteiger charge is 2.30. The second kappa shape index (κ2) is 7.69. The molecule has 0 aliphatic heterocycles. The number of aromatic nitrogens is 1. The number of benzene rings is 1. The Kier molecular flexibility index (Phi) is 5.63. The van der Waals surface area contributed by atoms with Crippen molar-refractivity contribution >= 4 is 12.4 Å². The summed E-state index contributed by atoms with van der Waals surface area (Å²) < 4.78 is 29.0. The lowest BCUT2D eigenvalue weighted by Gasteiger charge is -2.28. The lowest BCUT2D eigenvalue weighted by Crippen LogP contribution is -2.36. The van der Waals surface area contributed by atoms with Crippen LogP contribution < -0.4 is 10.5 Å². The molecule has 0 spiro atoms. The van der Waals surface area contributed by atoms with Crippen LogP contribution in [0.15, 0.2) is 53.8 Å². The number of pyridine rings is 1. The Morgan fingerprint density at radius 1 is 1.32 bits per heavy atom. The Morgan fingerprint density at radius 3 is 2.52 bits per heavy atom. The SMILES string of the molecule is CN(C=O)/C(N)=N\C(C)(c1ccc(OC(F)F)cc1)c1cccnc1. The molecule has 0 aliphatic rings. The lowest BCUT2D eigenvalue weighted by atomic mass is 9.86. The molecular weight excluding hydrogens is 330 g/mol. The van der Waals surface area contributed by atoms with Gasteiger partial charge in [-0.1, -0.05) is 18.2 Å². The van der Waals surface area contributed by atoms with Crippen LogP contribution in [-0.4, -0.2) is 35.9 Å². The smallest absolute Gasteiger partial charge is 0.387 e. The van der Waals surface area contributed by atoms with Crippen LogP contribution in [0.25, 0.3) is 0 Å². The third kappa shape index (κ3) is 4.28. The molecule has 0 aliphatic carbocycles. The van der Waals surface area contributed by atoms with Crippen LogP contribution in [0.1, 0.15) is 18.1 Å². The standard InChI is InChI=1S/C17H18F2N4O2/c1-17(13-4-3-9-21-10-13,22-16(20)23(2)11-24)12-5-7-14(8-6-12)25-15(18)19/h3-11,15H,1-2H3,(H2,20,22). The molecule has 2 rings (SSSR count). The maximum absolute atomic E-state index is 12.3. The Bertz CT molecular complexity index is 738. The van der Waals surface area contributed by atoms with Crippen molar-refractivity contribution in [3.63, 3.8) is 0 Å². The molecule has 0 saturated heterocycles. The number of rotatable bonds is 6. The number of ether oxygens (including phenoxy) is 1. The van der Waals surface area contributed by atoms with E-state index in [2.05, 4.69) is 14.7 Å². The number of nitrogens with zero attached hydrogens (tertiary/aromatic N) is 3. The first-order valence-corrected chi connectivity index (χ1v) is 7.36. The monoisotopic (exact) mass is 348 g/mol. The van der Waals surface area contributed by atoms with Gasteiger partial charge >= 0.3 is 6.61 Å². The van der Waals surface area contributed by atoms with Gasteiger partial charge in [0.25, 0.3) is 0 Å². The second-order valence-electron chi connectivity index (χ2n) is 5.40. The maximum Gasteiger partial charge on any atom is 0.387 e. The maximum atomic E-state index is 12.3. The number of carbonyl (C=O) groups excluding carboxylic acids is 1. The van der Waals surface area contributed by atoms with Crippen molar-refractivity contribution in [2.45, 2.75) is 19.1 Å². The minimum atomic E-state index is -2.90. The van der Waals surface area contributed by atoms with Gasteiger partial charge in [-0.2, -0.15) is 8.78 Å². The third-order valence-electron chi connectivity index (χ3n) is 3.72. The summed E-state index contributed by atoms with van der Waals surface area (Å²) in [5.41, 5.74) is 6.30. The number of hydrogen-bond acceptors (Lipinski definition) is 4. The zero-order valence-electron chi connectivity index (χ0n) is 13.8. The van der Waals surface area contributed by atoms with Crippen molar-refractivity contribution in [1.29, 1.82) is 0 Å². The van der Waals surface area contributed by atoms with Gasteiger partial charge in [0.2, 0.25) is 6.41 Å². The topological polar surface area (TPSA) is 80.8 Å². The largest absolute Gasteiger partial charge is 0.435 e. The molecule has 1 unspecified atom stereocenters. The molecule has 1 atom stereocenters. The number of alkyl halides is 2. The fourth-order valence-corrected chi connectivity index (χ4v) is 2.27. The lowest BCUT2D eigenvalue weighted by molar-refractivity contribution is -0.114. The fourth-order valence-electron chi connectivity index (χ4n) is 2.27.